The quantitative estimate of drug-likeness (QED) is 0.595. The minimum atomic E-state index is -3.45. The third-order valence-electron chi connectivity index (χ3n) is 6.60. The van der Waals surface area contributed by atoms with Gasteiger partial charge in [-0.25, -0.2) is 13.2 Å². The zero-order chi connectivity index (χ0) is 25.9. The van der Waals surface area contributed by atoms with Crippen LogP contribution in [0.1, 0.15) is 30.9 Å². The average Bonchev–Trinajstić information content (AvgIpc) is 3.27. The molecule has 0 saturated carbocycles. The lowest BCUT2D eigenvalue weighted by atomic mass is 10.0. The van der Waals surface area contributed by atoms with E-state index in [9.17, 15) is 18.0 Å². The van der Waals surface area contributed by atoms with Crippen LogP contribution in [-0.2, 0) is 21.4 Å². The SMILES string of the molecule is CC(=O)NC1CCN(c2cc(C)ccc2CN2CCN(C(=O)n3ccc(NS(C)(=O)=O)n3)CC2)CC1. The summed E-state index contributed by atoms with van der Waals surface area (Å²) in [5.74, 6) is 0.151. The number of anilines is 2. The van der Waals surface area contributed by atoms with Gasteiger partial charge < -0.3 is 15.1 Å². The Kier molecular flexibility index (Phi) is 7.84. The second-order valence-electron chi connectivity index (χ2n) is 9.66. The molecule has 0 atom stereocenters. The van der Waals surface area contributed by atoms with Gasteiger partial charge in [0.15, 0.2) is 5.82 Å². The maximum absolute atomic E-state index is 12.8. The summed E-state index contributed by atoms with van der Waals surface area (Å²) in [6.45, 7) is 8.89. The summed E-state index contributed by atoms with van der Waals surface area (Å²) in [4.78, 5) is 30.7. The second kappa shape index (κ2) is 10.9. The van der Waals surface area contributed by atoms with Crippen molar-refractivity contribution in [3.63, 3.8) is 0 Å². The number of hydrogen-bond donors (Lipinski definition) is 2. The van der Waals surface area contributed by atoms with Gasteiger partial charge in [0.2, 0.25) is 15.9 Å². The van der Waals surface area contributed by atoms with Crippen molar-refractivity contribution in [1.29, 1.82) is 0 Å². The Morgan fingerprint density at radius 1 is 1.06 bits per heavy atom. The van der Waals surface area contributed by atoms with Crippen molar-refractivity contribution in [2.24, 2.45) is 0 Å². The van der Waals surface area contributed by atoms with Crippen LogP contribution in [0, 0.1) is 6.92 Å². The minimum Gasteiger partial charge on any atom is -0.371 e. The normalized spacial score (nSPS) is 17.8. The summed E-state index contributed by atoms with van der Waals surface area (Å²) in [5, 5.41) is 7.08. The zero-order valence-electron chi connectivity index (χ0n) is 21.1. The summed E-state index contributed by atoms with van der Waals surface area (Å²) in [7, 11) is -3.45. The standard InChI is InChI=1S/C24H35N7O4S/c1-18-4-5-20(22(16-18)29-9-6-21(7-10-29)25-19(2)32)17-28-12-14-30(15-13-28)24(33)31-11-8-23(26-31)27-36(3,34)35/h4-5,8,11,16,21H,6-7,9-10,12-15,17H2,1-3H3,(H,25,32)(H,26,27). The summed E-state index contributed by atoms with van der Waals surface area (Å²) < 4.78 is 26.2. The van der Waals surface area contributed by atoms with Crippen LogP contribution in [0.25, 0.3) is 0 Å². The third-order valence-corrected chi connectivity index (χ3v) is 7.18. The molecule has 0 radical (unpaired) electrons. The second-order valence-corrected chi connectivity index (χ2v) is 11.4. The molecule has 2 aliphatic rings. The first-order valence-electron chi connectivity index (χ1n) is 12.2. The van der Waals surface area contributed by atoms with E-state index in [-0.39, 0.29) is 23.8 Å². The lowest BCUT2D eigenvalue weighted by Crippen LogP contribution is -2.49. The third kappa shape index (κ3) is 6.76. The van der Waals surface area contributed by atoms with Crippen molar-refractivity contribution in [2.75, 3.05) is 55.1 Å². The first-order chi connectivity index (χ1) is 17.1. The Balaban J connectivity index is 1.34. The maximum atomic E-state index is 12.8. The Morgan fingerprint density at radius 3 is 2.39 bits per heavy atom. The number of rotatable bonds is 6. The topological polar surface area (TPSA) is 120 Å². The first-order valence-corrected chi connectivity index (χ1v) is 14.1. The number of nitrogens with zero attached hydrogens (tertiary/aromatic N) is 5. The molecule has 2 aliphatic heterocycles. The van der Waals surface area contributed by atoms with E-state index in [0.717, 1.165) is 51.8 Å². The Hall–Kier alpha value is -3.12. The molecule has 196 valence electrons. The molecule has 1 aromatic carbocycles. The van der Waals surface area contributed by atoms with Gasteiger partial charge in [-0.2, -0.15) is 4.68 Å². The van der Waals surface area contributed by atoms with Gasteiger partial charge in [-0.15, -0.1) is 5.10 Å². The van der Waals surface area contributed by atoms with E-state index in [1.54, 1.807) is 11.8 Å². The number of hydrogen-bond acceptors (Lipinski definition) is 7. The number of aromatic nitrogens is 2. The van der Waals surface area contributed by atoms with E-state index < -0.39 is 10.0 Å². The molecule has 2 aromatic rings. The Bertz CT molecular complexity index is 1200. The molecule has 0 bridgehead atoms. The van der Waals surface area contributed by atoms with Crippen LogP contribution >= 0.6 is 0 Å². The molecular weight excluding hydrogens is 482 g/mol. The fourth-order valence-corrected chi connectivity index (χ4v) is 5.30. The van der Waals surface area contributed by atoms with Gasteiger partial charge in [0, 0.05) is 76.7 Å². The van der Waals surface area contributed by atoms with Crippen LogP contribution in [0.15, 0.2) is 30.5 Å². The van der Waals surface area contributed by atoms with E-state index in [1.165, 1.54) is 33.8 Å². The molecule has 0 unspecified atom stereocenters. The predicted octanol–water partition coefficient (Wildman–Crippen LogP) is 1.45. The maximum Gasteiger partial charge on any atom is 0.344 e. The molecule has 0 aliphatic carbocycles. The van der Waals surface area contributed by atoms with E-state index >= 15 is 0 Å². The number of benzene rings is 1. The van der Waals surface area contributed by atoms with E-state index in [1.807, 2.05) is 0 Å². The van der Waals surface area contributed by atoms with Crippen LogP contribution in [-0.4, -0.2) is 91.5 Å². The summed E-state index contributed by atoms with van der Waals surface area (Å²) in [6.07, 6.45) is 4.38. The molecule has 2 saturated heterocycles. The Morgan fingerprint density at radius 2 is 1.75 bits per heavy atom. The first kappa shape index (κ1) is 26.0. The minimum absolute atomic E-state index is 0.0286. The number of carbonyl (C=O) groups is 2. The smallest absolute Gasteiger partial charge is 0.344 e. The molecule has 0 spiro atoms. The molecule has 36 heavy (non-hydrogen) atoms. The number of sulfonamides is 1. The fraction of sp³-hybridized carbons (Fsp3) is 0.542. The molecular formula is C24H35N7O4S. The summed E-state index contributed by atoms with van der Waals surface area (Å²) in [6, 6.07) is 8.02. The van der Waals surface area contributed by atoms with Crippen molar-refractivity contribution < 1.29 is 18.0 Å². The van der Waals surface area contributed by atoms with Crippen LogP contribution in [0.2, 0.25) is 0 Å². The van der Waals surface area contributed by atoms with Crippen LogP contribution < -0.4 is 14.9 Å². The van der Waals surface area contributed by atoms with Crippen molar-refractivity contribution in [2.45, 2.75) is 39.3 Å². The lowest BCUT2D eigenvalue weighted by Gasteiger charge is -2.37. The van der Waals surface area contributed by atoms with Crippen molar-refractivity contribution >= 4 is 33.5 Å². The summed E-state index contributed by atoms with van der Waals surface area (Å²) >= 11 is 0. The van der Waals surface area contributed by atoms with Crippen molar-refractivity contribution in [1.82, 2.24) is 24.9 Å². The molecule has 2 fully saturated rings. The monoisotopic (exact) mass is 517 g/mol. The largest absolute Gasteiger partial charge is 0.371 e. The van der Waals surface area contributed by atoms with Crippen molar-refractivity contribution in [3.05, 3.63) is 41.6 Å². The number of carbonyl (C=O) groups excluding carboxylic acids is 2. The molecule has 4 rings (SSSR count). The van der Waals surface area contributed by atoms with Crippen LogP contribution in [0.3, 0.4) is 0 Å². The molecule has 2 amide bonds. The number of amides is 2. The summed E-state index contributed by atoms with van der Waals surface area (Å²) in [5.41, 5.74) is 3.73. The highest BCUT2D eigenvalue weighted by atomic mass is 32.2. The average molecular weight is 518 g/mol. The van der Waals surface area contributed by atoms with Gasteiger partial charge in [-0.1, -0.05) is 12.1 Å². The Labute approximate surface area is 212 Å². The van der Waals surface area contributed by atoms with Gasteiger partial charge in [0.1, 0.15) is 0 Å². The molecule has 2 N–H and O–H groups in total. The highest BCUT2D eigenvalue weighted by Crippen LogP contribution is 2.27. The van der Waals surface area contributed by atoms with E-state index in [0.29, 0.717) is 13.1 Å². The fourth-order valence-electron chi connectivity index (χ4n) is 4.81. The number of piperazine rings is 1. The van der Waals surface area contributed by atoms with Gasteiger partial charge in [0.25, 0.3) is 0 Å². The molecule has 1 aromatic heterocycles. The van der Waals surface area contributed by atoms with Crippen LogP contribution in [0.4, 0.5) is 16.3 Å². The van der Waals surface area contributed by atoms with Crippen LogP contribution in [0.5, 0.6) is 0 Å². The molecule has 3 heterocycles. The highest BCUT2D eigenvalue weighted by Gasteiger charge is 2.25. The number of aryl methyl sites for hydroxylation is 1. The lowest BCUT2D eigenvalue weighted by molar-refractivity contribution is -0.119. The van der Waals surface area contributed by atoms with Gasteiger partial charge >= 0.3 is 6.03 Å². The predicted molar refractivity (Wildman–Crippen MR) is 139 cm³/mol. The number of piperidine rings is 1. The van der Waals surface area contributed by atoms with E-state index in [2.05, 4.69) is 50.1 Å². The zero-order valence-corrected chi connectivity index (χ0v) is 21.9. The van der Waals surface area contributed by atoms with Gasteiger partial charge in [-0.3, -0.25) is 14.4 Å². The highest BCUT2D eigenvalue weighted by molar-refractivity contribution is 7.92. The van der Waals surface area contributed by atoms with Gasteiger partial charge in [0.05, 0.1) is 6.26 Å². The van der Waals surface area contributed by atoms with E-state index in [4.69, 9.17) is 0 Å². The number of nitrogens with one attached hydrogen (secondary N) is 2. The van der Waals surface area contributed by atoms with Gasteiger partial charge in [-0.05, 0) is 37.0 Å². The molecule has 11 nitrogen and oxygen atoms in total. The van der Waals surface area contributed by atoms with Crippen molar-refractivity contribution in [3.8, 4) is 0 Å². The molecule has 12 heteroatoms.